The number of nitrogens with one attached hydrogen (secondary N) is 3. The number of carbonyl (C=O) groups is 1. The van der Waals surface area contributed by atoms with Crippen molar-refractivity contribution < 1.29 is 4.79 Å². The van der Waals surface area contributed by atoms with Crippen LogP contribution in [0.3, 0.4) is 0 Å². The number of hydrogen-bond acceptors (Lipinski definition) is 4. The molecule has 0 atom stereocenters. The molecule has 29 heavy (non-hydrogen) atoms. The maximum Gasteiger partial charge on any atom is 0.275 e. The Morgan fingerprint density at radius 2 is 1.86 bits per heavy atom. The second kappa shape index (κ2) is 8.56. The summed E-state index contributed by atoms with van der Waals surface area (Å²) >= 11 is 0. The summed E-state index contributed by atoms with van der Waals surface area (Å²) in [6.07, 6.45) is 6.95. The molecule has 0 bridgehead atoms. The molecule has 0 saturated heterocycles. The SMILES string of the molecule is CCc1ccc(NC(=O)c2cnc(NCCc3c[nH]c4ccccc34)cn2)cc1. The summed E-state index contributed by atoms with van der Waals surface area (Å²) in [6.45, 7) is 2.82. The van der Waals surface area contributed by atoms with E-state index in [1.807, 2.05) is 42.6 Å². The Kier molecular flexibility index (Phi) is 5.52. The summed E-state index contributed by atoms with van der Waals surface area (Å²) in [7, 11) is 0. The van der Waals surface area contributed by atoms with Gasteiger partial charge in [-0.3, -0.25) is 4.79 Å². The molecule has 2 aromatic heterocycles. The molecule has 0 radical (unpaired) electrons. The van der Waals surface area contributed by atoms with Crippen LogP contribution >= 0.6 is 0 Å². The van der Waals surface area contributed by atoms with Gasteiger partial charge in [0.15, 0.2) is 0 Å². The Labute approximate surface area is 169 Å². The fourth-order valence-electron chi connectivity index (χ4n) is 3.22. The molecule has 0 aliphatic heterocycles. The molecule has 0 saturated carbocycles. The highest BCUT2D eigenvalue weighted by molar-refractivity contribution is 6.02. The Balaban J connectivity index is 1.32. The predicted octanol–water partition coefficient (Wildman–Crippen LogP) is 4.43. The van der Waals surface area contributed by atoms with E-state index in [-0.39, 0.29) is 11.6 Å². The Bertz CT molecular complexity index is 1100. The number of amides is 1. The third-order valence-electron chi connectivity index (χ3n) is 4.88. The maximum atomic E-state index is 12.3. The first-order valence-electron chi connectivity index (χ1n) is 9.74. The van der Waals surface area contributed by atoms with Gasteiger partial charge < -0.3 is 15.6 Å². The van der Waals surface area contributed by atoms with Crippen LogP contribution in [-0.2, 0) is 12.8 Å². The second-order valence-corrected chi connectivity index (χ2v) is 6.83. The van der Waals surface area contributed by atoms with Gasteiger partial charge in [0.2, 0.25) is 0 Å². The fraction of sp³-hybridized carbons (Fsp3) is 0.174. The summed E-state index contributed by atoms with van der Waals surface area (Å²) in [5.41, 5.74) is 4.65. The van der Waals surface area contributed by atoms with Crippen molar-refractivity contribution in [2.75, 3.05) is 17.2 Å². The van der Waals surface area contributed by atoms with Crippen LogP contribution in [0.15, 0.2) is 67.1 Å². The Hall–Kier alpha value is -3.67. The number of nitrogens with zero attached hydrogens (tertiary/aromatic N) is 2. The van der Waals surface area contributed by atoms with E-state index in [2.05, 4.69) is 44.6 Å². The summed E-state index contributed by atoms with van der Waals surface area (Å²) in [4.78, 5) is 24.2. The van der Waals surface area contributed by atoms with Crippen LogP contribution in [0.25, 0.3) is 10.9 Å². The molecule has 3 N–H and O–H groups in total. The number of aromatic nitrogens is 3. The topological polar surface area (TPSA) is 82.7 Å². The van der Waals surface area contributed by atoms with Crippen LogP contribution in [0.5, 0.6) is 0 Å². The number of benzene rings is 2. The Morgan fingerprint density at radius 1 is 1.03 bits per heavy atom. The number of rotatable bonds is 7. The van der Waals surface area contributed by atoms with E-state index in [1.165, 1.54) is 22.7 Å². The summed E-state index contributed by atoms with van der Waals surface area (Å²) in [5.74, 6) is 0.376. The van der Waals surface area contributed by atoms with E-state index >= 15 is 0 Å². The van der Waals surface area contributed by atoms with Gasteiger partial charge in [-0.15, -0.1) is 0 Å². The molecule has 146 valence electrons. The minimum atomic E-state index is -0.271. The largest absolute Gasteiger partial charge is 0.368 e. The highest BCUT2D eigenvalue weighted by Gasteiger charge is 2.09. The number of para-hydroxylation sites is 1. The van der Waals surface area contributed by atoms with Gasteiger partial charge in [0.1, 0.15) is 11.5 Å². The van der Waals surface area contributed by atoms with E-state index in [9.17, 15) is 4.79 Å². The first kappa shape index (κ1) is 18.7. The molecule has 2 heterocycles. The minimum Gasteiger partial charge on any atom is -0.368 e. The van der Waals surface area contributed by atoms with Crippen LogP contribution in [0.4, 0.5) is 11.5 Å². The summed E-state index contributed by atoms with van der Waals surface area (Å²) in [5, 5.41) is 7.33. The molecule has 4 aromatic rings. The first-order chi connectivity index (χ1) is 14.2. The lowest BCUT2D eigenvalue weighted by Gasteiger charge is -2.07. The average Bonchev–Trinajstić information content (AvgIpc) is 3.18. The maximum absolute atomic E-state index is 12.3. The molecule has 0 aliphatic carbocycles. The van der Waals surface area contributed by atoms with Gasteiger partial charge in [-0.05, 0) is 42.2 Å². The van der Waals surface area contributed by atoms with Crippen molar-refractivity contribution in [3.63, 3.8) is 0 Å². The number of fused-ring (bicyclic) bond motifs is 1. The van der Waals surface area contributed by atoms with Crippen molar-refractivity contribution in [3.8, 4) is 0 Å². The smallest absolute Gasteiger partial charge is 0.275 e. The van der Waals surface area contributed by atoms with Crippen molar-refractivity contribution >= 4 is 28.3 Å². The van der Waals surface area contributed by atoms with Crippen LogP contribution in [-0.4, -0.2) is 27.4 Å². The van der Waals surface area contributed by atoms with Crippen LogP contribution in [0, 0.1) is 0 Å². The van der Waals surface area contributed by atoms with Gasteiger partial charge >= 0.3 is 0 Å². The van der Waals surface area contributed by atoms with Crippen molar-refractivity contribution in [2.45, 2.75) is 19.8 Å². The fourth-order valence-corrected chi connectivity index (χ4v) is 3.22. The number of carbonyl (C=O) groups excluding carboxylic acids is 1. The van der Waals surface area contributed by atoms with Crippen molar-refractivity contribution in [2.24, 2.45) is 0 Å². The standard InChI is InChI=1S/C23H23N5O/c1-2-16-7-9-18(10-8-16)28-23(29)21-14-27-22(15-26-21)24-12-11-17-13-25-20-6-4-3-5-19(17)20/h3-10,13-15,25H,2,11-12H2,1H3,(H,24,27)(H,28,29). The van der Waals surface area contributed by atoms with Crippen molar-refractivity contribution in [1.29, 1.82) is 0 Å². The summed E-state index contributed by atoms with van der Waals surface area (Å²) in [6, 6.07) is 16.0. The molecule has 0 unspecified atom stereocenters. The van der Waals surface area contributed by atoms with E-state index in [1.54, 1.807) is 6.20 Å². The van der Waals surface area contributed by atoms with Gasteiger partial charge in [-0.2, -0.15) is 0 Å². The zero-order valence-electron chi connectivity index (χ0n) is 16.3. The highest BCUT2D eigenvalue weighted by Crippen LogP contribution is 2.18. The van der Waals surface area contributed by atoms with Crippen molar-refractivity contribution in [1.82, 2.24) is 15.0 Å². The molecule has 4 rings (SSSR count). The van der Waals surface area contributed by atoms with E-state index in [0.29, 0.717) is 5.82 Å². The minimum absolute atomic E-state index is 0.271. The number of aryl methyl sites for hydroxylation is 1. The molecular weight excluding hydrogens is 362 g/mol. The van der Waals surface area contributed by atoms with Gasteiger partial charge in [0, 0.05) is 29.3 Å². The number of anilines is 2. The van der Waals surface area contributed by atoms with Crippen LogP contribution in [0.2, 0.25) is 0 Å². The lowest BCUT2D eigenvalue weighted by Crippen LogP contribution is -2.15. The van der Waals surface area contributed by atoms with E-state index < -0.39 is 0 Å². The summed E-state index contributed by atoms with van der Waals surface area (Å²) < 4.78 is 0. The van der Waals surface area contributed by atoms with Crippen molar-refractivity contribution in [3.05, 3.63) is 83.9 Å². The number of aromatic amines is 1. The monoisotopic (exact) mass is 385 g/mol. The zero-order valence-corrected chi connectivity index (χ0v) is 16.3. The lowest BCUT2D eigenvalue weighted by atomic mass is 10.1. The van der Waals surface area contributed by atoms with Gasteiger partial charge in [0.25, 0.3) is 5.91 Å². The molecule has 0 aliphatic rings. The molecule has 0 spiro atoms. The Morgan fingerprint density at radius 3 is 2.62 bits per heavy atom. The third kappa shape index (κ3) is 4.43. The second-order valence-electron chi connectivity index (χ2n) is 6.83. The quantitative estimate of drug-likeness (QED) is 0.440. The van der Waals surface area contributed by atoms with Gasteiger partial charge in [-0.25, -0.2) is 9.97 Å². The predicted molar refractivity (Wildman–Crippen MR) is 116 cm³/mol. The lowest BCUT2D eigenvalue weighted by molar-refractivity contribution is 0.102. The molecule has 0 fully saturated rings. The van der Waals surface area contributed by atoms with Crippen LogP contribution in [0.1, 0.15) is 28.5 Å². The molecule has 6 nitrogen and oxygen atoms in total. The first-order valence-corrected chi connectivity index (χ1v) is 9.74. The molecule has 2 aromatic carbocycles. The van der Waals surface area contributed by atoms with Gasteiger partial charge in [0.05, 0.1) is 12.4 Å². The van der Waals surface area contributed by atoms with E-state index in [4.69, 9.17) is 0 Å². The third-order valence-corrected chi connectivity index (χ3v) is 4.88. The van der Waals surface area contributed by atoms with Crippen LogP contribution < -0.4 is 10.6 Å². The number of hydrogen-bond donors (Lipinski definition) is 3. The average molecular weight is 385 g/mol. The van der Waals surface area contributed by atoms with E-state index in [0.717, 1.165) is 30.6 Å². The molecule has 1 amide bonds. The molecule has 6 heteroatoms. The van der Waals surface area contributed by atoms with Gasteiger partial charge in [-0.1, -0.05) is 37.3 Å². The highest BCUT2D eigenvalue weighted by atomic mass is 16.1. The normalized spacial score (nSPS) is 10.8. The zero-order chi connectivity index (χ0) is 20.1. The number of H-pyrrole nitrogens is 1. The molecular formula is C23H23N5O.